The molecule has 1 N–H and O–H groups in total. The van der Waals surface area contributed by atoms with Crippen LogP contribution in [0.25, 0.3) is 0 Å². The van der Waals surface area contributed by atoms with Gasteiger partial charge in [-0.1, -0.05) is 0 Å². The lowest BCUT2D eigenvalue weighted by Crippen LogP contribution is -2.26. The Hall–Kier alpha value is -1.10. The van der Waals surface area contributed by atoms with Crippen LogP contribution < -0.4 is 5.32 Å². The minimum absolute atomic E-state index is 0.0723. The third-order valence-corrected chi connectivity index (χ3v) is 2.64. The van der Waals surface area contributed by atoms with E-state index in [0.29, 0.717) is 26.0 Å². The van der Waals surface area contributed by atoms with Crippen molar-refractivity contribution in [3.8, 4) is 0 Å². The standard InChI is InChI=1S/C12H21NO4/c1-10(14)13-7-4-6-12(15)17-9-11-5-2-3-8-16-11/h11H,2-9H2,1H3,(H,13,14). The Balaban J connectivity index is 1.98. The van der Waals surface area contributed by atoms with E-state index in [2.05, 4.69) is 5.32 Å². The van der Waals surface area contributed by atoms with Crippen LogP contribution in [-0.2, 0) is 19.1 Å². The Morgan fingerprint density at radius 2 is 2.24 bits per heavy atom. The van der Waals surface area contributed by atoms with Gasteiger partial charge in [0.05, 0.1) is 6.10 Å². The summed E-state index contributed by atoms with van der Waals surface area (Å²) in [5, 5.41) is 2.63. The van der Waals surface area contributed by atoms with E-state index < -0.39 is 0 Å². The number of hydrogen-bond donors (Lipinski definition) is 1. The molecule has 5 nitrogen and oxygen atoms in total. The molecule has 0 bridgehead atoms. The molecule has 0 aliphatic carbocycles. The first-order valence-electron chi connectivity index (χ1n) is 6.20. The van der Waals surface area contributed by atoms with Crippen molar-refractivity contribution >= 4 is 11.9 Å². The number of hydrogen-bond acceptors (Lipinski definition) is 4. The molecule has 0 saturated carbocycles. The van der Waals surface area contributed by atoms with Crippen molar-refractivity contribution < 1.29 is 19.1 Å². The molecule has 0 spiro atoms. The summed E-state index contributed by atoms with van der Waals surface area (Å²) in [7, 11) is 0. The summed E-state index contributed by atoms with van der Waals surface area (Å²) in [5.41, 5.74) is 0. The molecular weight excluding hydrogens is 222 g/mol. The maximum Gasteiger partial charge on any atom is 0.305 e. The highest BCUT2D eigenvalue weighted by molar-refractivity contribution is 5.73. The van der Waals surface area contributed by atoms with Gasteiger partial charge in [0.1, 0.15) is 6.61 Å². The van der Waals surface area contributed by atoms with E-state index >= 15 is 0 Å². The van der Waals surface area contributed by atoms with Gasteiger partial charge in [-0.15, -0.1) is 0 Å². The zero-order chi connectivity index (χ0) is 12.5. The first-order valence-corrected chi connectivity index (χ1v) is 6.20. The predicted octanol–water partition coefficient (Wildman–Crippen LogP) is 1.01. The number of rotatable bonds is 6. The molecule has 0 radical (unpaired) electrons. The fourth-order valence-electron chi connectivity index (χ4n) is 1.69. The molecule has 1 fully saturated rings. The normalized spacial score (nSPS) is 19.7. The number of carbonyl (C=O) groups excluding carboxylic acids is 2. The van der Waals surface area contributed by atoms with Gasteiger partial charge in [-0.3, -0.25) is 9.59 Å². The molecule has 0 aromatic heterocycles. The fourth-order valence-corrected chi connectivity index (χ4v) is 1.69. The van der Waals surface area contributed by atoms with E-state index in [-0.39, 0.29) is 18.0 Å². The van der Waals surface area contributed by atoms with Gasteiger partial charge in [0.2, 0.25) is 5.91 Å². The van der Waals surface area contributed by atoms with E-state index in [1.165, 1.54) is 6.92 Å². The van der Waals surface area contributed by atoms with Crippen LogP contribution in [0.2, 0.25) is 0 Å². The second-order valence-electron chi connectivity index (χ2n) is 4.26. The summed E-state index contributed by atoms with van der Waals surface area (Å²) >= 11 is 0. The monoisotopic (exact) mass is 243 g/mol. The van der Waals surface area contributed by atoms with Crippen molar-refractivity contribution in [1.29, 1.82) is 0 Å². The lowest BCUT2D eigenvalue weighted by Gasteiger charge is -2.22. The summed E-state index contributed by atoms with van der Waals surface area (Å²) in [6.45, 7) is 3.10. The lowest BCUT2D eigenvalue weighted by molar-refractivity contribution is -0.149. The maximum absolute atomic E-state index is 11.3. The molecule has 1 aliphatic heterocycles. The molecule has 1 aliphatic rings. The SMILES string of the molecule is CC(=O)NCCCC(=O)OCC1CCCCO1. The van der Waals surface area contributed by atoms with E-state index in [4.69, 9.17) is 9.47 Å². The Bertz CT molecular complexity index is 249. The van der Waals surface area contributed by atoms with Crippen molar-refractivity contribution in [2.45, 2.75) is 45.1 Å². The quantitative estimate of drug-likeness (QED) is 0.558. The van der Waals surface area contributed by atoms with Crippen LogP contribution in [0.3, 0.4) is 0 Å². The summed E-state index contributed by atoms with van der Waals surface area (Å²) in [6, 6.07) is 0. The zero-order valence-electron chi connectivity index (χ0n) is 10.4. The highest BCUT2D eigenvalue weighted by atomic mass is 16.6. The van der Waals surface area contributed by atoms with E-state index in [0.717, 1.165) is 25.9 Å². The van der Waals surface area contributed by atoms with E-state index in [1.54, 1.807) is 0 Å². The van der Waals surface area contributed by atoms with Gasteiger partial charge in [0.25, 0.3) is 0 Å². The molecule has 1 unspecified atom stereocenters. The molecule has 1 atom stereocenters. The molecule has 1 rings (SSSR count). The van der Waals surface area contributed by atoms with Gasteiger partial charge in [-0.2, -0.15) is 0 Å². The first kappa shape index (κ1) is 14.0. The Kier molecular flexibility index (Phi) is 6.62. The third kappa shape index (κ3) is 6.94. The summed E-state index contributed by atoms with van der Waals surface area (Å²) in [4.78, 5) is 21.9. The number of amides is 1. The van der Waals surface area contributed by atoms with Crippen molar-refractivity contribution in [1.82, 2.24) is 5.32 Å². The van der Waals surface area contributed by atoms with Gasteiger partial charge < -0.3 is 14.8 Å². The van der Waals surface area contributed by atoms with Gasteiger partial charge in [0, 0.05) is 26.5 Å². The highest BCUT2D eigenvalue weighted by Gasteiger charge is 2.15. The molecule has 1 saturated heterocycles. The minimum atomic E-state index is -0.218. The van der Waals surface area contributed by atoms with Crippen LogP contribution in [-0.4, -0.2) is 37.7 Å². The van der Waals surface area contributed by atoms with Crippen LogP contribution in [0, 0.1) is 0 Å². The predicted molar refractivity (Wildman–Crippen MR) is 62.5 cm³/mol. The maximum atomic E-state index is 11.3. The van der Waals surface area contributed by atoms with Crippen molar-refractivity contribution in [3.05, 3.63) is 0 Å². The summed E-state index contributed by atoms with van der Waals surface area (Å²) < 4.78 is 10.6. The molecule has 1 amide bonds. The average Bonchev–Trinajstić information content (AvgIpc) is 2.33. The van der Waals surface area contributed by atoms with Crippen LogP contribution >= 0.6 is 0 Å². The number of ether oxygens (including phenoxy) is 2. The summed E-state index contributed by atoms with van der Waals surface area (Å²) in [5.74, 6) is -0.293. The van der Waals surface area contributed by atoms with Gasteiger partial charge in [0.15, 0.2) is 0 Å². The van der Waals surface area contributed by atoms with Gasteiger partial charge in [-0.25, -0.2) is 0 Å². The molecular formula is C12H21NO4. The van der Waals surface area contributed by atoms with E-state index in [9.17, 15) is 9.59 Å². The minimum Gasteiger partial charge on any atom is -0.463 e. The van der Waals surface area contributed by atoms with Crippen LogP contribution in [0.1, 0.15) is 39.0 Å². The molecule has 98 valence electrons. The zero-order valence-corrected chi connectivity index (χ0v) is 10.4. The average molecular weight is 243 g/mol. The Labute approximate surface area is 102 Å². The smallest absolute Gasteiger partial charge is 0.305 e. The molecule has 0 aromatic rings. The Morgan fingerprint density at radius 1 is 1.41 bits per heavy atom. The topological polar surface area (TPSA) is 64.6 Å². The second-order valence-corrected chi connectivity index (χ2v) is 4.26. The number of nitrogens with one attached hydrogen (secondary N) is 1. The highest BCUT2D eigenvalue weighted by Crippen LogP contribution is 2.12. The number of carbonyl (C=O) groups is 2. The molecule has 17 heavy (non-hydrogen) atoms. The summed E-state index contributed by atoms with van der Waals surface area (Å²) in [6.07, 6.45) is 4.24. The second kappa shape index (κ2) is 8.06. The fraction of sp³-hybridized carbons (Fsp3) is 0.833. The lowest BCUT2D eigenvalue weighted by atomic mass is 10.1. The van der Waals surface area contributed by atoms with Gasteiger partial charge in [-0.05, 0) is 25.7 Å². The van der Waals surface area contributed by atoms with Gasteiger partial charge >= 0.3 is 5.97 Å². The van der Waals surface area contributed by atoms with Crippen molar-refractivity contribution in [3.63, 3.8) is 0 Å². The van der Waals surface area contributed by atoms with Crippen LogP contribution in [0.15, 0.2) is 0 Å². The number of esters is 1. The molecule has 0 aromatic carbocycles. The third-order valence-electron chi connectivity index (χ3n) is 2.64. The molecule has 1 heterocycles. The van der Waals surface area contributed by atoms with E-state index in [1.807, 2.05) is 0 Å². The Morgan fingerprint density at radius 3 is 2.88 bits per heavy atom. The van der Waals surface area contributed by atoms with Crippen LogP contribution in [0.5, 0.6) is 0 Å². The largest absolute Gasteiger partial charge is 0.463 e. The van der Waals surface area contributed by atoms with Crippen molar-refractivity contribution in [2.75, 3.05) is 19.8 Å². The van der Waals surface area contributed by atoms with Crippen molar-refractivity contribution in [2.24, 2.45) is 0 Å². The first-order chi connectivity index (χ1) is 8.18. The van der Waals surface area contributed by atoms with Crippen LogP contribution in [0.4, 0.5) is 0 Å². The molecule has 5 heteroatoms.